The number of phenolic OH excluding ortho intramolecular Hbond substituents is 1. The second kappa shape index (κ2) is 7.78. The monoisotopic (exact) mass is 329 g/mol. The number of nitrogens with one attached hydrogen (secondary N) is 1. The molecule has 0 saturated carbocycles. The predicted octanol–water partition coefficient (Wildman–Crippen LogP) is 2.53. The zero-order chi connectivity index (χ0) is 14.3. The van der Waals surface area contributed by atoms with Gasteiger partial charge < -0.3 is 15.5 Å². The van der Waals surface area contributed by atoms with Gasteiger partial charge in [0.2, 0.25) is 0 Å². The first kappa shape index (κ1) is 15.5. The fourth-order valence-electron chi connectivity index (χ4n) is 1.54. The first-order valence-corrected chi connectivity index (χ1v) is 6.78. The molecule has 5 nitrogen and oxygen atoms in total. The third kappa shape index (κ3) is 5.74. The number of carbonyl (C=O) groups excluding carboxylic acids is 1. The van der Waals surface area contributed by atoms with Crippen LogP contribution in [0.3, 0.4) is 0 Å². The molecule has 1 aromatic carbocycles. The minimum Gasteiger partial charge on any atom is -0.507 e. The summed E-state index contributed by atoms with van der Waals surface area (Å²) in [6.07, 6.45) is 2.28. The van der Waals surface area contributed by atoms with Crippen LogP contribution in [0.4, 0.5) is 0 Å². The Labute approximate surface area is 119 Å². The number of amides is 1. The lowest BCUT2D eigenvalue weighted by Gasteiger charge is -2.06. The van der Waals surface area contributed by atoms with Gasteiger partial charge >= 0.3 is 5.97 Å². The maximum atomic E-state index is 11.7. The Hall–Kier alpha value is -1.56. The van der Waals surface area contributed by atoms with Crippen LogP contribution in [0.1, 0.15) is 36.0 Å². The topological polar surface area (TPSA) is 86.6 Å². The van der Waals surface area contributed by atoms with Gasteiger partial charge in [-0.25, -0.2) is 0 Å². The molecule has 19 heavy (non-hydrogen) atoms. The van der Waals surface area contributed by atoms with Crippen LogP contribution in [0, 0.1) is 0 Å². The lowest BCUT2D eigenvalue weighted by Crippen LogP contribution is -2.24. The van der Waals surface area contributed by atoms with E-state index in [1.165, 1.54) is 6.07 Å². The molecule has 0 fully saturated rings. The molecule has 3 N–H and O–H groups in total. The van der Waals surface area contributed by atoms with Gasteiger partial charge in [-0.15, -0.1) is 0 Å². The number of hydrogen-bond acceptors (Lipinski definition) is 3. The minimum absolute atomic E-state index is 0.0223. The van der Waals surface area contributed by atoms with E-state index in [0.717, 1.165) is 12.8 Å². The number of hydrogen-bond donors (Lipinski definition) is 3. The summed E-state index contributed by atoms with van der Waals surface area (Å²) in [5.74, 6) is -1.02. The molecule has 1 aromatic rings. The Morgan fingerprint density at radius 3 is 2.58 bits per heavy atom. The largest absolute Gasteiger partial charge is 0.507 e. The Morgan fingerprint density at radius 1 is 1.21 bits per heavy atom. The molecule has 104 valence electrons. The SMILES string of the molecule is O=C(O)CCCCCNC(=O)c1ccc(Br)c(O)c1. The molecule has 0 spiro atoms. The van der Waals surface area contributed by atoms with Crippen molar-refractivity contribution in [3.8, 4) is 5.75 Å². The molecule has 0 aliphatic carbocycles. The van der Waals surface area contributed by atoms with Crippen LogP contribution in [0.25, 0.3) is 0 Å². The van der Waals surface area contributed by atoms with Crippen LogP contribution in [-0.2, 0) is 4.79 Å². The molecule has 1 amide bonds. The average molecular weight is 330 g/mol. The van der Waals surface area contributed by atoms with Crippen molar-refractivity contribution in [3.05, 3.63) is 28.2 Å². The number of carboxylic acid groups (broad SMARTS) is 1. The summed E-state index contributed by atoms with van der Waals surface area (Å²) in [6, 6.07) is 4.62. The number of aliphatic carboxylic acids is 1. The molecule has 0 heterocycles. The fourth-order valence-corrected chi connectivity index (χ4v) is 1.78. The van der Waals surface area contributed by atoms with E-state index in [0.29, 0.717) is 23.0 Å². The molecule has 0 bridgehead atoms. The zero-order valence-corrected chi connectivity index (χ0v) is 11.9. The number of phenols is 1. The molecule has 6 heteroatoms. The van der Waals surface area contributed by atoms with Crippen molar-refractivity contribution in [2.75, 3.05) is 6.54 Å². The van der Waals surface area contributed by atoms with Crippen LogP contribution in [0.5, 0.6) is 5.75 Å². The normalized spacial score (nSPS) is 10.2. The second-order valence-electron chi connectivity index (χ2n) is 4.13. The Kier molecular flexibility index (Phi) is 6.35. The van der Waals surface area contributed by atoms with E-state index in [1.54, 1.807) is 12.1 Å². The second-order valence-corrected chi connectivity index (χ2v) is 4.98. The third-order valence-electron chi connectivity index (χ3n) is 2.56. The Bertz CT molecular complexity index is 462. The highest BCUT2D eigenvalue weighted by molar-refractivity contribution is 9.10. The van der Waals surface area contributed by atoms with E-state index in [2.05, 4.69) is 21.2 Å². The van der Waals surface area contributed by atoms with E-state index < -0.39 is 5.97 Å². The van der Waals surface area contributed by atoms with E-state index >= 15 is 0 Å². The molecule has 1 rings (SSSR count). The fraction of sp³-hybridized carbons (Fsp3) is 0.385. The van der Waals surface area contributed by atoms with Crippen LogP contribution in [0.15, 0.2) is 22.7 Å². The molecule has 0 aromatic heterocycles. The smallest absolute Gasteiger partial charge is 0.303 e. The highest BCUT2D eigenvalue weighted by Gasteiger charge is 2.07. The van der Waals surface area contributed by atoms with Gasteiger partial charge in [0, 0.05) is 18.5 Å². The molecule has 0 aliphatic rings. The van der Waals surface area contributed by atoms with Crippen molar-refractivity contribution in [3.63, 3.8) is 0 Å². The van der Waals surface area contributed by atoms with E-state index in [1.807, 2.05) is 0 Å². The lowest BCUT2D eigenvalue weighted by molar-refractivity contribution is -0.137. The van der Waals surface area contributed by atoms with Gasteiger partial charge in [0.15, 0.2) is 0 Å². The lowest BCUT2D eigenvalue weighted by atomic mass is 10.2. The summed E-state index contributed by atoms with van der Waals surface area (Å²) in [5, 5.41) is 20.6. The van der Waals surface area contributed by atoms with Gasteiger partial charge in [0.05, 0.1) is 4.47 Å². The van der Waals surface area contributed by atoms with Crippen LogP contribution in [-0.4, -0.2) is 28.6 Å². The van der Waals surface area contributed by atoms with E-state index in [4.69, 9.17) is 5.11 Å². The number of halogens is 1. The molecule has 0 atom stereocenters. The molecule has 0 unspecified atom stereocenters. The van der Waals surface area contributed by atoms with Crippen molar-refractivity contribution in [1.82, 2.24) is 5.32 Å². The number of aromatic hydroxyl groups is 1. The molecule has 0 radical (unpaired) electrons. The highest BCUT2D eigenvalue weighted by atomic mass is 79.9. The molecule has 0 aliphatic heterocycles. The van der Waals surface area contributed by atoms with E-state index in [-0.39, 0.29) is 18.1 Å². The highest BCUT2D eigenvalue weighted by Crippen LogP contribution is 2.24. The van der Waals surface area contributed by atoms with Gasteiger partial charge in [-0.3, -0.25) is 9.59 Å². The van der Waals surface area contributed by atoms with Crippen molar-refractivity contribution < 1.29 is 19.8 Å². The number of carboxylic acids is 1. The maximum absolute atomic E-state index is 11.7. The number of carbonyl (C=O) groups is 2. The van der Waals surface area contributed by atoms with Crippen molar-refractivity contribution in [2.45, 2.75) is 25.7 Å². The van der Waals surface area contributed by atoms with Crippen LogP contribution >= 0.6 is 15.9 Å². The number of unbranched alkanes of at least 4 members (excludes halogenated alkanes) is 2. The summed E-state index contributed by atoms with van der Waals surface area (Å²) in [4.78, 5) is 22.0. The Balaban J connectivity index is 2.27. The maximum Gasteiger partial charge on any atom is 0.303 e. The standard InChI is InChI=1S/C13H16BrNO4/c14-10-6-5-9(8-11(10)16)13(19)15-7-3-1-2-4-12(17)18/h5-6,8,16H,1-4,7H2,(H,15,19)(H,17,18). The summed E-state index contributed by atoms with van der Waals surface area (Å²) in [6.45, 7) is 0.495. The molecular formula is C13H16BrNO4. The molecule has 0 saturated heterocycles. The molecular weight excluding hydrogens is 314 g/mol. The Morgan fingerprint density at radius 2 is 1.95 bits per heavy atom. The quantitative estimate of drug-likeness (QED) is 0.671. The predicted molar refractivity (Wildman–Crippen MR) is 74.2 cm³/mol. The summed E-state index contributed by atoms with van der Waals surface area (Å²) < 4.78 is 0.540. The van der Waals surface area contributed by atoms with Crippen molar-refractivity contribution in [1.29, 1.82) is 0 Å². The van der Waals surface area contributed by atoms with Gasteiger partial charge in [0.1, 0.15) is 5.75 Å². The van der Waals surface area contributed by atoms with Gasteiger partial charge in [-0.1, -0.05) is 6.42 Å². The number of rotatable bonds is 7. The van der Waals surface area contributed by atoms with Gasteiger partial charge in [-0.2, -0.15) is 0 Å². The van der Waals surface area contributed by atoms with Crippen molar-refractivity contribution >= 4 is 27.8 Å². The first-order valence-electron chi connectivity index (χ1n) is 5.99. The van der Waals surface area contributed by atoms with E-state index in [9.17, 15) is 14.7 Å². The first-order chi connectivity index (χ1) is 9.00. The third-order valence-corrected chi connectivity index (χ3v) is 3.23. The number of benzene rings is 1. The summed E-state index contributed by atoms with van der Waals surface area (Å²) in [5.41, 5.74) is 0.395. The average Bonchev–Trinajstić information content (AvgIpc) is 2.36. The minimum atomic E-state index is -0.797. The summed E-state index contributed by atoms with van der Waals surface area (Å²) in [7, 11) is 0. The van der Waals surface area contributed by atoms with Crippen LogP contribution < -0.4 is 5.32 Å². The summed E-state index contributed by atoms with van der Waals surface area (Å²) >= 11 is 3.14. The van der Waals surface area contributed by atoms with Crippen molar-refractivity contribution in [2.24, 2.45) is 0 Å². The zero-order valence-electron chi connectivity index (χ0n) is 10.4. The van der Waals surface area contributed by atoms with Crippen LogP contribution in [0.2, 0.25) is 0 Å². The van der Waals surface area contributed by atoms with Gasteiger partial charge in [-0.05, 0) is 47.0 Å². The van der Waals surface area contributed by atoms with Gasteiger partial charge in [0.25, 0.3) is 5.91 Å².